The van der Waals surface area contributed by atoms with Gasteiger partial charge < -0.3 is 9.30 Å². The van der Waals surface area contributed by atoms with Gasteiger partial charge in [-0.15, -0.1) is 0 Å². The van der Waals surface area contributed by atoms with Crippen LogP contribution in [-0.2, 0) is 11.3 Å². The summed E-state index contributed by atoms with van der Waals surface area (Å²) in [6.07, 6.45) is 3.64. The molecule has 0 saturated heterocycles. The van der Waals surface area contributed by atoms with E-state index in [1.54, 1.807) is 12.3 Å². The van der Waals surface area contributed by atoms with Gasteiger partial charge in [0.2, 0.25) is 0 Å². The summed E-state index contributed by atoms with van der Waals surface area (Å²) in [4.78, 5) is 12.0. The minimum absolute atomic E-state index is 0.288. The molecule has 0 radical (unpaired) electrons. The van der Waals surface area contributed by atoms with Gasteiger partial charge in [0.15, 0.2) is 0 Å². The summed E-state index contributed by atoms with van der Waals surface area (Å²) in [7, 11) is 0. The summed E-state index contributed by atoms with van der Waals surface area (Å²) < 4.78 is 7.21. The second kappa shape index (κ2) is 6.09. The Hall–Kier alpha value is -2.81. The fourth-order valence-corrected chi connectivity index (χ4v) is 2.08. The Labute approximate surface area is 123 Å². The normalized spacial score (nSPS) is 10.3. The Kier molecular flexibility index (Phi) is 3.83. The van der Waals surface area contributed by atoms with Crippen LogP contribution in [0.1, 0.15) is 15.9 Å². The molecule has 3 heteroatoms. The van der Waals surface area contributed by atoms with Crippen LogP contribution in [0.2, 0.25) is 0 Å². The highest BCUT2D eigenvalue weighted by Gasteiger charge is 2.09. The average Bonchev–Trinajstić information content (AvgIpc) is 3.04. The van der Waals surface area contributed by atoms with Crippen molar-refractivity contribution in [3.05, 3.63) is 90.3 Å². The van der Waals surface area contributed by atoms with Gasteiger partial charge in [-0.05, 0) is 23.8 Å². The van der Waals surface area contributed by atoms with Crippen LogP contribution in [0.5, 0.6) is 0 Å². The Morgan fingerprint density at radius 2 is 1.57 bits per heavy atom. The molecule has 1 heterocycles. The molecule has 0 unspecified atom stereocenters. The van der Waals surface area contributed by atoms with Crippen LogP contribution < -0.4 is 0 Å². The van der Waals surface area contributed by atoms with Crippen molar-refractivity contribution < 1.29 is 9.53 Å². The van der Waals surface area contributed by atoms with Crippen molar-refractivity contribution in [1.29, 1.82) is 0 Å². The van der Waals surface area contributed by atoms with Gasteiger partial charge >= 0.3 is 5.97 Å². The second-order valence-electron chi connectivity index (χ2n) is 4.70. The van der Waals surface area contributed by atoms with Gasteiger partial charge in [0, 0.05) is 18.1 Å². The SMILES string of the molecule is O=C(OCc1ccccc1)c1ccn(-c2ccccc2)c1. The Bertz CT molecular complexity index is 717. The number of benzene rings is 2. The molecule has 0 fully saturated rings. The lowest BCUT2D eigenvalue weighted by Crippen LogP contribution is -2.04. The first-order valence-electron chi connectivity index (χ1n) is 6.77. The third kappa shape index (κ3) is 3.20. The van der Waals surface area contributed by atoms with E-state index in [-0.39, 0.29) is 12.6 Å². The van der Waals surface area contributed by atoms with Crippen LogP contribution in [0.4, 0.5) is 0 Å². The molecule has 0 aliphatic heterocycles. The number of ether oxygens (including phenoxy) is 1. The first-order chi connectivity index (χ1) is 10.3. The molecule has 0 saturated carbocycles. The van der Waals surface area contributed by atoms with Gasteiger partial charge in [-0.1, -0.05) is 48.5 Å². The number of carbonyl (C=O) groups is 1. The van der Waals surface area contributed by atoms with Crippen molar-refractivity contribution >= 4 is 5.97 Å². The van der Waals surface area contributed by atoms with Crippen molar-refractivity contribution in [2.45, 2.75) is 6.61 Å². The van der Waals surface area contributed by atoms with E-state index in [0.717, 1.165) is 11.3 Å². The lowest BCUT2D eigenvalue weighted by atomic mass is 10.2. The second-order valence-corrected chi connectivity index (χ2v) is 4.70. The van der Waals surface area contributed by atoms with Gasteiger partial charge in [0.25, 0.3) is 0 Å². The molecule has 0 atom stereocenters. The number of hydrogen-bond donors (Lipinski definition) is 0. The summed E-state index contributed by atoms with van der Waals surface area (Å²) in [6.45, 7) is 0.288. The van der Waals surface area contributed by atoms with Crippen LogP contribution >= 0.6 is 0 Å². The highest BCUT2D eigenvalue weighted by atomic mass is 16.5. The highest BCUT2D eigenvalue weighted by Crippen LogP contribution is 2.12. The highest BCUT2D eigenvalue weighted by molar-refractivity contribution is 5.89. The Morgan fingerprint density at radius 3 is 2.29 bits per heavy atom. The van der Waals surface area contributed by atoms with Gasteiger partial charge in [-0.3, -0.25) is 0 Å². The predicted molar refractivity (Wildman–Crippen MR) is 81.3 cm³/mol. The van der Waals surface area contributed by atoms with Crippen molar-refractivity contribution in [2.75, 3.05) is 0 Å². The number of aromatic nitrogens is 1. The summed E-state index contributed by atoms with van der Waals surface area (Å²) in [6, 6.07) is 21.3. The van der Waals surface area contributed by atoms with Gasteiger partial charge in [0.1, 0.15) is 6.61 Å². The zero-order valence-electron chi connectivity index (χ0n) is 11.5. The molecule has 3 aromatic rings. The first kappa shape index (κ1) is 13.2. The number of para-hydroxylation sites is 1. The molecular formula is C18H15NO2. The number of carbonyl (C=O) groups excluding carboxylic acids is 1. The summed E-state index contributed by atoms with van der Waals surface area (Å²) >= 11 is 0. The summed E-state index contributed by atoms with van der Waals surface area (Å²) in [5.41, 5.74) is 2.54. The number of esters is 1. The van der Waals surface area contributed by atoms with E-state index in [4.69, 9.17) is 4.74 Å². The third-order valence-electron chi connectivity index (χ3n) is 3.20. The molecular weight excluding hydrogens is 262 g/mol. The molecule has 0 spiro atoms. The molecule has 1 aromatic heterocycles. The zero-order valence-corrected chi connectivity index (χ0v) is 11.5. The van der Waals surface area contributed by atoms with Crippen LogP contribution in [0.3, 0.4) is 0 Å². The van der Waals surface area contributed by atoms with Gasteiger partial charge in [-0.2, -0.15) is 0 Å². The Balaban J connectivity index is 1.67. The zero-order chi connectivity index (χ0) is 14.5. The molecule has 0 N–H and O–H groups in total. The molecule has 3 nitrogen and oxygen atoms in total. The lowest BCUT2D eigenvalue weighted by Gasteiger charge is -2.04. The molecule has 0 bridgehead atoms. The maximum atomic E-state index is 12.0. The number of rotatable bonds is 4. The maximum absolute atomic E-state index is 12.0. The topological polar surface area (TPSA) is 31.2 Å². The standard InChI is InChI=1S/C18H15NO2/c20-18(21-14-15-7-3-1-4-8-15)16-11-12-19(13-16)17-9-5-2-6-10-17/h1-13H,14H2. The molecule has 0 aliphatic rings. The average molecular weight is 277 g/mol. The van der Waals surface area contributed by atoms with Gasteiger partial charge in [0.05, 0.1) is 5.56 Å². The lowest BCUT2D eigenvalue weighted by molar-refractivity contribution is 0.0473. The largest absolute Gasteiger partial charge is 0.457 e. The van der Waals surface area contributed by atoms with Gasteiger partial charge in [-0.25, -0.2) is 4.79 Å². The van der Waals surface area contributed by atoms with Crippen molar-refractivity contribution in [2.24, 2.45) is 0 Å². The molecule has 21 heavy (non-hydrogen) atoms. The first-order valence-corrected chi connectivity index (χ1v) is 6.77. The monoisotopic (exact) mass is 277 g/mol. The molecule has 3 rings (SSSR count). The fourth-order valence-electron chi connectivity index (χ4n) is 2.08. The minimum Gasteiger partial charge on any atom is -0.457 e. The van der Waals surface area contributed by atoms with Crippen molar-refractivity contribution in [3.8, 4) is 5.69 Å². The predicted octanol–water partition coefficient (Wildman–Crippen LogP) is 3.83. The van der Waals surface area contributed by atoms with Crippen molar-refractivity contribution in [1.82, 2.24) is 4.57 Å². The fraction of sp³-hybridized carbons (Fsp3) is 0.0556. The van der Waals surface area contributed by atoms with Crippen LogP contribution in [0, 0.1) is 0 Å². The maximum Gasteiger partial charge on any atom is 0.340 e. The van der Waals surface area contributed by atoms with Crippen molar-refractivity contribution in [3.63, 3.8) is 0 Å². The quantitative estimate of drug-likeness (QED) is 0.679. The molecule has 2 aromatic carbocycles. The van der Waals surface area contributed by atoms with Crippen LogP contribution in [-0.4, -0.2) is 10.5 Å². The third-order valence-corrected chi connectivity index (χ3v) is 3.20. The number of nitrogens with zero attached hydrogens (tertiary/aromatic N) is 1. The van der Waals surface area contributed by atoms with E-state index >= 15 is 0 Å². The summed E-state index contributed by atoms with van der Waals surface area (Å²) in [5, 5.41) is 0. The van der Waals surface area contributed by atoms with Crippen LogP contribution in [0.15, 0.2) is 79.1 Å². The smallest absolute Gasteiger partial charge is 0.340 e. The van der Waals surface area contributed by atoms with E-state index in [0.29, 0.717) is 5.56 Å². The van der Waals surface area contributed by atoms with E-state index in [1.807, 2.05) is 71.4 Å². The number of hydrogen-bond acceptors (Lipinski definition) is 2. The van der Waals surface area contributed by atoms with E-state index in [1.165, 1.54) is 0 Å². The Morgan fingerprint density at radius 1 is 0.905 bits per heavy atom. The van der Waals surface area contributed by atoms with E-state index < -0.39 is 0 Å². The van der Waals surface area contributed by atoms with E-state index in [9.17, 15) is 4.79 Å². The molecule has 104 valence electrons. The van der Waals surface area contributed by atoms with E-state index in [2.05, 4.69) is 0 Å². The molecule has 0 amide bonds. The summed E-state index contributed by atoms with van der Waals surface area (Å²) in [5.74, 6) is -0.312. The van der Waals surface area contributed by atoms with Crippen LogP contribution in [0.25, 0.3) is 5.69 Å². The molecule has 0 aliphatic carbocycles. The minimum atomic E-state index is -0.312.